The summed E-state index contributed by atoms with van der Waals surface area (Å²) < 4.78 is 4.74. The number of hydrogen-bond acceptors (Lipinski definition) is 5. The third-order valence-electron chi connectivity index (χ3n) is 4.63. The van der Waals surface area contributed by atoms with Crippen molar-refractivity contribution >= 4 is 34.9 Å². The Morgan fingerprint density at radius 2 is 1.71 bits per heavy atom. The summed E-state index contributed by atoms with van der Waals surface area (Å²) >= 11 is 0. The zero-order valence-electron chi connectivity index (χ0n) is 17.0. The summed E-state index contributed by atoms with van der Waals surface area (Å²) in [5, 5.41) is 13.9. The van der Waals surface area contributed by atoms with Gasteiger partial charge in [0.25, 0.3) is 11.6 Å². The average molecular weight is 416 g/mol. The number of rotatable bonds is 6. The number of hydrogen-bond donors (Lipinski definition) is 1. The maximum absolute atomic E-state index is 13.2. The first-order valence-corrected chi connectivity index (χ1v) is 9.41. The molecule has 0 aliphatic rings. The number of nitrogens with zero attached hydrogens (tertiary/aromatic N) is 1. The van der Waals surface area contributed by atoms with Crippen LogP contribution in [0, 0.1) is 17.0 Å². The smallest absolute Gasteiger partial charge is 0.337 e. The number of carbonyl (C=O) groups excluding carboxylic acids is 2. The molecule has 0 atom stereocenters. The van der Waals surface area contributed by atoms with Gasteiger partial charge < -0.3 is 10.1 Å². The van der Waals surface area contributed by atoms with Crippen molar-refractivity contribution in [3.8, 4) is 0 Å². The molecule has 0 spiro atoms. The molecule has 0 heterocycles. The molecule has 7 nitrogen and oxygen atoms in total. The first-order valence-electron chi connectivity index (χ1n) is 9.41. The van der Waals surface area contributed by atoms with Gasteiger partial charge in [-0.3, -0.25) is 14.9 Å². The molecule has 0 aliphatic heterocycles. The molecule has 1 N–H and O–H groups in total. The van der Waals surface area contributed by atoms with Crippen LogP contribution in [-0.4, -0.2) is 23.9 Å². The number of nitrogens with one attached hydrogen (secondary N) is 1. The number of esters is 1. The van der Waals surface area contributed by atoms with E-state index in [-0.39, 0.29) is 5.69 Å². The van der Waals surface area contributed by atoms with Gasteiger partial charge in [0.05, 0.1) is 17.6 Å². The fraction of sp³-hybridized carbons (Fsp3) is 0.0833. The Morgan fingerprint density at radius 3 is 2.39 bits per heavy atom. The van der Waals surface area contributed by atoms with Crippen LogP contribution in [0.3, 0.4) is 0 Å². The molecule has 0 fully saturated rings. The Labute approximate surface area is 179 Å². The highest BCUT2D eigenvalue weighted by Gasteiger charge is 2.16. The molecule has 0 saturated heterocycles. The van der Waals surface area contributed by atoms with Crippen molar-refractivity contribution in [2.75, 3.05) is 12.4 Å². The van der Waals surface area contributed by atoms with Gasteiger partial charge in [0, 0.05) is 23.4 Å². The Kier molecular flexibility index (Phi) is 6.57. The van der Waals surface area contributed by atoms with Gasteiger partial charge in [-0.1, -0.05) is 48.5 Å². The molecule has 0 unspecified atom stereocenters. The van der Waals surface area contributed by atoms with E-state index >= 15 is 0 Å². The Morgan fingerprint density at radius 1 is 0.968 bits per heavy atom. The third-order valence-corrected chi connectivity index (χ3v) is 4.63. The van der Waals surface area contributed by atoms with Crippen LogP contribution in [-0.2, 0) is 9.53 Å². The number of anilines is 1. The van der Waals surface area contributed by atoms with Crippen LogP contribution < -0.4 is 5.32 Å². The maximum atomic E-state index is 13.2. The zero-order valence-corrected chi connectivity index (χ0v) is 17.0. The molecule has 3 aromatic rings. The van der Waals surface area contributed by atoms with Crippen molar-refractivity contribution in [1.82, 2.24) is 0 Å². The standard InChI is InChI=1S/C24H20N2O5/c1-16-11-12-19(24(28)31-2)15-22(16)25-23(27)21(18-8-4-3-5-9-18)14-17-7-6-10-20(13-17)26(29)30/h3-15H,1-2H3,(H,25,27)/b21-14+. The summed E-state index contributed by atoms with van der Waals surface area (Å²) in [6, 6.07) is 19.9. The predicted molar refractivity (Wildman–Crippen MR) is 119 cm³/mol. The third kappa shape index (κ3) is 5.22. The molecule has 1 amide bonds. The SMILES string of the molecule is COC(=O)c1ccc(C)c(NC(=O)/C(=C/c2cccc([N+](=O)[O-])c2)c2ccccc2)c1. The van der Waals surface area contributed by atoms with E-state index in [1.807, 2.05) is 13.0 Å². The van der Waals surface area contributed by atoms with E-state index in [1.165, 1.54) is 19.2 Å². The van der Waals surface area contributed by atoms with E-state index in [0.29, 0.717) is 28.0 Å². The second-order valence-corrected chi connectivity index (χ2v) is 6.75. The monoisotopic (exact) mass is 416 g/mol. The zero-order chi connectivity index (χ0) is 22.4. The largest absolute Gasteiger partial charge is 0.465 e. The molecule has 0 aliphatic carbocycles. The molecule has 156 valence electrons. The van der Waals surface area contributed by atoms with Gasteiger partial charge in [-0.25, -0.2) is 4.79 Å². The molecule has 3 aromatic carbocycles. The summed E-state index contributed by atoms with van der Waals surface area (Å²) in [5.41, 5.74) is 2.97. The average Bonchev–Trinajstić information content (AvgIpc) is 2.79. The van der Waals surface area contributed by atoms with Crippen LogP contribution >= 0.6 is 0 Å². The molecule has 3 rings (SSSR count). The highest BCUT2D eigenvalue weighted by Crippen LogP contribution is 2.24. The van der Waals surface area contributed by atoms with Crippen molar-refractivity contribution in [2.24, 2.45) is 0 Å². The molecule has 0 aromatic heterocycles. The van der Waals surface area contributed by atoms with Crippen LogP contribution in [0.4, 0.5) is 11.4 Å². The molecule has 31 heavy (non-hydrogen) atoms. The fourth-order valence-corrected chi connectivity index (χ4v) is 2.98. The van der Waals surface area contributed by atoms with Crippen LogP contribution in [0.2, 0.25) is 0 Å². The minimum absolute atomic E-state index is 0.0665. The van der Waals surface area contributed by atoms with E-state index < -0.39 is 16.8 Å². The lowest BCUT2D eigenvalue weighted by molar-refractivity contribution is -0.384. The van der Waals surface area contributed by atoms with E-state index in [1.54, 1.807) is 60.7 Å². The summed E-state index contributed by atoms with van der Waals surface area (Å²) in [4.78, 5) is 35.7. The number of non-ortho nitro benzene ring substituents is 1. The van der Waals surface area contributed by atoms with Crippen molar-refractivity contribution < 1.29 is 19.2 Å². The molecule has 0 saturated carbocycles. The second-order valence-electron chi connectivity index (χ2n) is 6.75. The first kappa shape index (κ1) is 21.4. The molecule has 0 radical (unpaired) electrons. The summed E-state index contributed by atoms with van der Waals surface area (Å²) in [6.45, 7) is 1.81. The molecule has 0 bridgehead atoms. The summed E-state index contributed by atoms with van der Waals surface area (Å²) in [6.07, 6.45) is 1.59. The number of methoxy groups -OCH3 is 1. The highest BCUT2D eigenvalue weighted by molar-refractivity contribution is 6.29. The van der Waals surface area contributed by atoms with Crippen LogP contribution in [0.25, 0.3) is 11.6 Å². The van der Waals surface area contributed by atoms with Crippen molar-refractivity contribution in [3.05, 3.63) is 105 Å². The van der Waals surface area contributed by atoms with Gasteiger partial charge >= 0.3 is 5.97 Å². The quantitative estimate of drug-likeness (QED) is 0.203. The number of amides is 1. The number of nitro benzene ring substituents is 1. The van der Waals surface area contributed by atoms with Crippen molar-refractivity contribution in [3.63, 3.8) is 0 Å². The number of ether oxygens (including phenoxy) is 1. The van der Waals surface area contributed by atoms with E-state index in [2.05, 4.69) is 5.32 Å². The number of aryl methyl sites for hydroxylation is 1. The highest BCUT2D eigenvalue weighted by atomic mass is 16.6. The van der Waals surface area contributed by atoms with Gasteiger partial charge in [0.2, 0.25) is 0 Å². The van der Waals surface area contributed by atoms with Gasteiger partial charge in [0.1, 0.15) is 0 Å². The molecule has 7 heteroatoms. The number of nitro groups is 1. The Balaban J connectivity index is 2.01. The predicted octanol–water partition coefficient (Wildman–Crippen LogP) is 4.87. The van der Waals surface area contributed by atoms with E-state index in [4.69, 9.17) is 4.74 Å². The number of carbonyl (C=O) groups is 2. The topological polar surface area (TPSA) is 98.5 Å². The minimum Gasteiger partial charge on any atom is -0.465 e. The van der Waals surface area contributed by atoms with Crippen molar-refractivity contribution in [1.29, 1.82) is 0 Å². The van der Waals surface area contributed by atoms with Gasteiger partial charge in [-0.2, -0.15) is 0 Å². The van der Waals surface area contributed by atoms with Gasteiger partial charge in [-0.15, -0.1) is 0 Å². The maximum Gasteiger partial charge on any atom is 0.337 e. The lowest BCUT2D eigenvalue weighted by atomic mass is 10.0. The minimum atomic E-state index is -0.508. The second kappa shape index (κ2) is 9.49. The summed E-state index contributed by atoms with van der Waals surface area (Å²) in [5.74, 6) is -0.922. The number of benzene rings is 3. The van der Waals surface area contributed by atoms with Gasteiger partial charge in [-0.05, 0) is 41.8 Å². The van der Waals surface area contributed by atoms with E-state index in [0.717, 1.165) is 5.56 Å². The van der Waals surface area contributed by atoms with Crippen LogP contribution in [0.5, 0.6) is 0 Å². The Hall–Kier alpha value is -4.26. The van der Waals surface area contributed by atoms with Crippen LogP contribution in [0.15, 0.2) is 72.8 Å². The lowest BCUT2D eigenvalue weighted by Crippen LogP contribution is -2.15. The Bertz CT molecular complexity index is 1170. The van der Waals surface area contributed by atoms with Gasteiger partial charge in [0.15, 0.2) is 0 Å². The normalized spacial score (nSPS) is 11.0. The van der Waals surface area contributed by atoms with Crippen LogP contribution in [0.1, 0.15) is 27.0 Å². The fourth-order valence-electron chi connectivity index (χ4n) is 2.98. The first-order chi connectivity index (χ1) is 14.9. The molecular formula is C24H20N2O5. The molecular weight excluding hydrogens is 396 g/mol. The van der Waals surface area contributed by atoms with Crippen molar-refractivity contribution in [2.45, 2.75) is 6.92 Å². The van der Waals surface area contributed by atoms with E-state index in [9.17, 15) is 19.7 Å². The lowest BCUT2D eigenvalue weighted by Gasteiger charge is -2.13. The summed E-state index contributed by atoms with van der Waals surface area (Å²) in [7, 11) is 1.29.